The maximum atomic E-state index is 13.8. The zero-order chi connectivity index (χ0) is 18.8. The third-order valence-electron chi connectivity index (χ3n) is 4.51. The van der Waals surface area contributed by atoms with Crippen molar-refractivity contribution in [3.8, 4) is 11.3 Å². The minimum Gasteiger partial charge on any atom is -0.354 e. The Hall–Kier alpha value is -3.41. The lowest BCUT2D eigenvalue weighted by Crippen LogP contribution is -2.13. The van der Waals surface area contributed by atoms with Crippen LogP contribution in [0.2, 0.25) is 0 Å². The van der Waals surface area contributed by atoms with Gasteiger partial charge in [0.15, 0.2) is 5.82 Å². The van der Waals surface area contributed by atoms with Gasteiger partial charge in [0.25, 0.3) is 0 Å². The van der Waals surface area contributed by atoms with Crippen LogP contribution in [0.5, 0.6) is 0 Å². The summed E-state index contributed by atoms with van der Waals surface area (Å²) in [5.74, 6) is 0.106. The van der Waals surface area contributed by atoms with Crippen molar-refractivity contribution in [2.75, 3.05) is 5.32 Å². The molecule has 0 radical (unpaired) electrons. The van der Waals surface area contributed by atoms with Crippen LogP contribution in [-0.2, 0) is 18.3 Å². The maximum Gasteiger partial charge on any atom is 0.225 e. The summed E-state index contributed by atoms with van der Waals surface area (Å²) in [5.41, 5.74) is 3.72. The molecule has 136 valence electrons. The Bertz CT molecular complexity index is 1100. The van der Waals surface area contributed by atoms with Crippen molar-refractivity contribution in [1.82, 2.24) is 14.8 Å². The number of carbonyl (C=O) groups excluding carboxylic acids is 1. The number of H-pyrrole nitrogens is 1. The lowest BCUT2D eigenvalue weighted by atomic mass is 10.0. The number of amides is 1. The predicted molar refractivity (Wildman–Crippen MR) is 104 cm³/mol. The number of carbonyl (C=O) groups is 1. The Labute approximate surface area is 155 Å². The minimum absolute atomic E-state index is 0.126. The molecule has 2 heterocycles. The van der Waals surface area contributed by atoms with Crippen molar-refractivity contribution >= 4 is 22.6 Å². The Morgan fingerprint density at radius 1 is 1.19 bits per heavy atom. The predicted octanol–water partition coefficient (Wildman–Crippen LogP) is 4.28. The molecular formula is C21H19FN4O. The van der Waals surface area contributed by atoms with Gasteiger partial charge in [0.05, 0.1) is 0 Å². The Morgan fingerprint density at radius 2 is 2.00 bits per heavy atom. The molecular weight excluding hydrogens is 343 g/mol. The lowest BCUT2D eigenvalue weighted by molar-refractivity contribution is -0.116. The van der Waals surface area contributed by atoms with Crippen molar-refractivity contribution < 1.29 is 9.18 Å². The number of nitrogens with zero attached hydrogens (tertiary/aromatic N) is 2. The fourth-order valence-corrected chi connectivity index (χ4v) is 3.26. The Kier molecular flexibility index (Phi) is 4.46. The molecule has 0 bridgehead atoms. The molecule has 27 heavy (non-hydrogen) atoms. The second kappa shape index (κ2) is 7.07. The van der Waals surface area contributed by atoms with Gasteiger partial charge in [0.1, 0.15) is 5.82 Å². The van der Waals surface area contributed by atoms with Crippen molar-refractivity contribution in [2.45, 2.75) is 12.8 Å². The number of hydrogen-bond acceptors (Lipinski definition) is 2. The number of nitrogens with one attached hydrogen (secondary N) is 2. The molecule has 0 unspecified atom stereocenters. The van der Waals surface area contributed by atoms with E-state index < -0.39 is 0 Å². The van der Waals surface area contributed by atoms with Gasteiger partial charge in [-0.25, -0.2) is 4.39 Å². The summed E-state index contributed by atoms with van der Waals surface area (Å²) in [7, 11) is 1.79. The third kappa shape index (κ3) is 3.60. The molecule has 0 saturated carbocycles. The Balaban J connectivity index is 1.63. The van der Waals surface area contributed by atoms with Gasteiger partial charge < -0.3 is 10.3 Å². The normalized spacial score (nSPS) is 11.0. The molecule has 0 spiro atoms. The van der Waals surface area contributed by atoms with E-state index in [1.807, 2.05) is 30.3 Å². The standard InChI is InChI=1S/C21H19FN4O/c1-26-12-11-19(25-26)24-20(27)10-8-16-17-13-15(22)7-9-18(17)23-21(16)14-5-3-2-4-6-14/h2-7,9,11-13,23H,8,10H2,1H3,(H,24,25,27). The van der Waals surface area contributed by atoms with E-state index in [4.69, 9.17) is 0 Å². The van der Waals surface area contributed by atoms with E-state index in [2.05, 4.69) is 15.4 Å². The van der Waals surface area contributed by atoms with E-state index in [1.165, 1.54) is 12.1 Å². The third-order valence-corrected chi connectivity index (χ3v) is 4.51. The molecule has 0 aliphatic rings. The summed E-state index contributed by atoms with van der Waals surface area (Å²) in [6.07, 6.45) is 2.54. The van der Waals surface area contributed by atoms with E-state index in [9.17, 15) is 9.18 Å². The highest BCUT2D eigenvalue weighted by Gasteiger charge is 2.15. The molecule has 2 N–H and O–H groups in total. The molecule has 4 aromatic rings. The smallest absolute Gasteiger partial charge is 0.225 e. The molecule has 2 aromatic carbocycles. The SMILES string of the molecule is Cn1ccc(NC(=O)CCc2c(-c3ccccc3)[nH]c3ccc(F)cc23)n1. The number of rotatable bonds is 5. The van der Waals surface area contributed by atoms with E-state index in [1.54, 1.807) is 30.1 Å². The van der Waals surface area contributed by atoms with Gasteiger partial charge in [-0.1, -0.05) is 30.3 Å². The van der Waals surface area contributed by atoms with Crippen LogP contribution in [0.15, 0.2) is 60.8 Å². The summed E-state index contributed by atoms with van der Waals surface area (Å²) in [5, 5.41) is 7.75. The van der Waals surface area contributed by atoms with Gasteiger partial charge in [0, 0.05) is 42.3 Å². The zero-order valence-corrected chi connectivity index (χ0v) is 14.9. The second-order valence-electron chi connectivity index (χ2n) is 6.46. The van der Waals surface area contributed by atoms with E-state index >= 15 is 0 Å². The van der Waals surface area contributed by atoms with Crippen LogP contribution in [-0.4, -0.2) is 20.7 Å². The average molecular weight is 362 g/mol. The molecule has 0 saturated heterocycles. The first-order valence-electron chi connectivity index (χ1n) is 8.75. The number of halogens is 1. The fraction of sp³-hybridized carbons (Fsp3) is 0.143. The first kappa shape index (κ1) is 17.0. The van der Waals surface area contributed by atoms with Crippen LogP contribution in [0.1, 0.15) is 12.0 Å². The van der Waals surface area contributed by atoms with E-state index in [0.717, 1.165) is 27.7 Å². The summed E-state index contributed by atoms with van der Waals surface area (Å²) in [6.45, 7) is 0. The fourth-order valence-electron chi connectivity index (χ4n) is 3.26. The Morgan fingerprint density at radius 3 is 2.74 bits per heavy atom. The minimum atomic E-state index is -0.291. The van der Waals surface area contributed by atoms with Crippen molar-refractivity contribution in [1.29, 1.82) is 0 Å². The highest BCUT2D eigenvalue weighted by Crippen LogP contribution is 2.31. The molecule has 5 nitrogen and oxygen atoms in total. The number of benzene rings is 2. The summed E-state index contributed by atoms with van der Waals surface area (Å²) in [6, 6.07) is 16.3. The summed E-state index contributed by atoms with van der Waals surface area (Å²) in [4.78, 5) is 15.7. The number of aromatic nitrogens is 3. The van der Waals surface area contributed by atoms with E-state index in [-0.39, 0.29) is 18.1 Å². The van der Waals surface area contributed by atoms with Crippen molar-refractivity contribution in [2.24, 2.45) is 7.05 Å². The molecule has 0 aliphatic heterocycles. The van der Waals surface area contributed by atoms with Crippen molar-refractivity contribution in [3.63, 3.8) is 0 Å². The van der Waals surface area contributed by atoms with Crippen LogP contribution in [0, 0.1) is 5.82 Å². The van der Waals surface area contributed by atoms with Crippen LogP contribution in [0.3, 0.4) is 0 Å². The summed E-state index contributed by atoms with van der Waals surface area (Å²) >= 11 is 0. The van der Waals surface area contributed by atoms with Crippen LogP contribution >= 0.6 is 0 Å². The molecule has 2 aromatic heterocycles. The zero-order valence-electron chi connectivity index (χ0n) is 14.9. The van der Waals surface area contributed by atoms with E-state index in [0.29, 0.717) is 12.2 Å². The van der Waals surface area contributed by atoms with Gasteiger partial charge in [-0.05, 0) is 35.7 Å². The number of fused-ring (bicyclic) bond motifs is 1. The van der Waals surface area contributed by atoms with Gasteiger partial charge in [-0.3, -0.25) is 9.48 Å². The number of aryl methyl sites for hydroxylation is 2. The van der Waals surface area contributed by atoms with Gasteiger partial charge in [-0.2, -0.15) is 5.10 Å². The number of anilines is 1. The van der Waals surface area contributed by atoms with Gasteiger partial charge in [-0.15, -0.1) is 0 Å². The van der Waals surface area contributed by atoms with Gasteiger partial charge in [0.2, 0.25) is 5.91 Å². The highest BCUT2D eigenvalue weighted by molar-refractivity contribution is 5.93. The second-order valence-corrected chi connectivity index (χ2v) is 6.46. The van der Waals surface area contributed by atoms with Crippen LogP contribution in [0.25, 0.3) is 22.2 Å². The molecule has 0 fully saturated rings. The highest BCUT2D eigenvalue weighted by atomic mass is 19.1. The molecule has 4 rings (SSSR count). The molecule has 6 heteroatoms. The molecule has 0 aliphatic carbocycles. The average Bonchev–Trinajstić information content (AvgIpc) is 3.23. The molecule has 1 amide bonds. The summed E-state index contributed by atoms with van der Waals surface area (Å²) < 4.78 is 15.4. The van der Waals surface area contributed by atoms with Crippen molar-refractivity contribution in [3.05, 3.63) is 72.2 Å². The number of aromatic amines is 1. The topological polar surface area (TPSA) is 62.7 Å². The molecule has 0 atom stereocenters. The first-order valence-corrected chi connectivity index (χ1v) is 8.75. The number of hydrogen-bond donors (Lipinski definition) is 2. The lowest BCUT2D eigenvalue weighted by Gasteiger charge is -2.06. The van der Waals surface area contributed by atoms with Crippen LogP contribution < -0.4 is 5.32 Å². The maximum absolute atomic E-state index is 13.8. The monoisotopic (exact) mass is 362 g/mol. The quantitative estimate of drug-likeness (QED) is 0.557. The van der Waals surface area contributed by atoms with Crippen LogP contribution in [0.4, 0.5) is 10.2 Å². The largest absolute Gasteiger partial charge is 0.354 e. The van der Waals surface area contributed by atoms with Gasteiger partial charge >= 0.3 is 0 Å². The first-order chi connectivity index (χ1) is 13.1.